The number of piperazine rings is 1. The molecule has 3 rings (SSSR count). The number of aliphatic hydroxyl groups is 1. The Morgan fingerprint density at radius 1 is 1.17 bits per heavy atom. The highest BCUT2D eigenvalue weighted by molar-refractivity contribution is 5.37. The Bertz CT molecular complexity index is 799. The lowest BCUT2D eigenvalue weighted by Gasteiger charge is -2.41. The summed E-state index contributed by atoms with van der Waals surface area (Å²) in [5, 5.41) is 9.61. The quantitative estimate of drug-likeness (QED) is 0.646. The van der Waals surface area contributed by atoms with Crippen molar-refractivity contribution in [2.75, 3.05) is 40.0 Å². The van der Waals surface area contributed by atoms with Gasteiger partial charge in [-0.15, -0.1) is 0 Å². The van der Waals surface area contributed by atoms with Crippen molar-refractivity contribution >= 4 is 0 Å². The predicted molar refractivity (Wildman–Crippen MR) is 118 cm³/mol. The summed E-state index contributed by atoms with van der Waals surface area (Å²) in [6.45, 7) is 10.1. The minimum atomic E-state index is 0.206. The molecule has 1 saturated heterocycles. The van der Waals surface area contributed by atoms with Crippen molar-refractivity contribution in [3.8, 4) is 5.75 Å². The first-order valence-electron chi connectivity index (χ1n) is 10.9. The Labute approximate surface area is 180 Å². The minimum Gasteiger partial charge on any atom is -0.496 e. The highest BCUT2D eigenvalue weighted by Gasteiger charge is 2.27. The summed E-state index contributed by atoms with van der Waals surface area (Å²) in [7, 11) is 1.70. The van der Waals surface area contributed by atoms with E-state index in [0.717, 1.165) is 61.8 Å². The number of aryl methyl sites for hydroxylation is 1. The largest absolute Gasteiger partial charge is 0.496 e. The number of aliphatic hydroxyl groups excluding tert-OH is 1. The second-order valence-corrected chi connectivity index (χ2v) is 7.93. The SMILES string of the molecule is CCOCc1cc(CN2CCN(Cc3cccc(C)n3)C(CCO)C2)ccc1OC. The van der Waals surface area contributed by atoms with E-state index in [1.807, 2.05) is 26.0 Å². The van der Waals surface area contributed by atoms with Crippen LogP contribution in [0.5, 0.6) is 5.75 Å². The lowest BCUT2D eigenvalue weighted by Crippen LogP contribution is -2.52. The molecule has 164 valence electrons. The Kier molecular flexibility index (Phi) is 8.63. The number of methoxy groups -OCH3 is 1. The maximum atomic E-state index is 9.61. The predicted octanol–water partition coefficient (Wildman–Crippen LogP) is 3.00. The first-order valence-corrected chi connectivity index (χ1v) is 10.9. The molecule has 1 aromatic heterocycles. The zero-order chi connectivity index (χ0) is 21.3. The van der Waals surface area contributed by atoms with Gasteiger partial charge in [-0.05, 0) is 50.1 Å². The topological polar surface area (TPSA) is 58.1 Å². The van der Waals surface area contributed by atoms with Crippen LogP contribution in [-0.4, -0.2) is 65.9 Å². The number of pyridine rings is 1. The van der Waals surface area contributed by atoms with Gasteiger partial charge in [0.05, 0.1) is 19.4 Å². The fourth-order valence-electron chi connectivity index (χ4n) is 4.14. The lowest BCUT2D eigenvalue weighted by molar-refractivity contribution is 0.0491. The van der Waals surface area contributed by atoms with E-state index in [1.54, 1.807) is 7.11 Å². The van der Waals surface area contributed by atoms with E-state index in [-0.39, 0.29) is 6.61 Å². The Hall–Kier alpha value is -1.99. The van der Waals surface area contributed by atoms with Gasteiger partial charge in [-0.25, -0.2) is 0 Å². The molecule has 0 radical (unpaired) electrons. The minimum absolute atomic E-state index is 0.206. The molecule has 1 N–H and O–H groups in total. The number of benzene rings is 1. The van der Waals surface area contributed by atoms with E-state index < -0.39 is 0 Å². The molecule has 30 heavy (non-hydrogen) atoms. The van der Waals surface area contributed by atoms with Gasteiger partial charge in [0.15, 0.2) is 0 Å². The van der Waals surface area contributed by atoms with Crippen molar-refractivity contribution in [3.63, 3.8) is 0 Å². The third-order valence-corrected chi connectivity index (χ3v) is 5.67. The number of ether oxygens (including phenoxy) is 2. The average molecular weight is 414 g/mol. The van der Waals surface area contributed by atoms with Crippen LogP contribution in [0.15, 0.2) is 36.4 Å². The maximum absolute atomic E-state index is 9.61. The smallest absolute Gasteiger partial charge is 0.124 e. The molecule has 0 bridgehead atoms. The monoisotopic (exact) mass is 413 g/mol. The highest BCUT2D eigenvalue weighted by atomic mass is 16.5. The molecule has 0 spiro atoms. The summed E-state index contributed by atoms with van der Waals surface area (Å²) in [6, 6.07) is 12.9. The fourth-order valence-corrected chi connectivity index (χ4v) is 4.14. The molecule has 2 aromatic rings. The third kappa shape index (κ3) is 6.25. The van der Waals surface area contributed by atoms with E-state index in [4.69, 9.17) is 9.47 Å². The number of hydrogen-bond donors (Lipinski definition) is 1. The standard InChI is InChI=1S/C24H35N3O3/c1-4-30-18-21-14-20(8-9-24(21)29-3)15-26-11-12-27(23(17-26)10-13-28)16-22-7-5-6-19(2)25-22/h5-9,14,23,28H,4,10-13,15-18H2,1-3H3. The van der Waals surface area contributed by atoms with Gasteiger partial charge in [-0.3, -0.25) is 14.8 Å². The summed E-state index contributed by atoms with van der Waals surface area (Å²) in [5.41, 5.74) is 4.50. The first-order chi connectivity index (χ1) is 14.6. The van der Waals surface area contributed by atoms with E-state index in [0.29, 0.717) is 19.3 Å². The Morgan fingerprint density at radius 3 is 2.77 bits per heavy atom. The van der Waals surface area contributed by atoms with Crippen LogP contribution in [0.2, 0.25) is 0 Å². The molecule has 0 saturated carbocycles. The van der Waals surface area contributed by atoms with E-state index in [1.165, 1.54) is 5.56 Å². The van der Waals surface area contributed by atoms with Crippen LogP contribution in [0.25, 0.3) is 0 Å². The van der Waals surface area contributed by atoms with Crippen LogP contribution >= 0.6 is 0 Å². The van der Waals surface area contributed by atoms with E-state index in [2.05, 4.69) is 39.0 Å². The fraction of sp³-hybridized carbons (Fsp3) is 0.542. The lowest BCUT2D eigenvalue weighted by atomic mass is 10.1. The second kappa shape index (κ2) is 11.4. The molecule has 6 heteroatoms. The zero-order valence-electron chi connectivity index (χ0n) is 18.5. The van der Waals surface area contributed by atoms with Crippen molar-refractivity contribution < 1.29 is 14.6 Å². The van der Waals surface area contributed by atoms with Crippen molar-refractivity contribution in [2.24, 2.45) is 0 Å². The van der Waals surface area contributed by atoms with Crippen LogP contribution in [0, 0.1) is 6.92 Å². The number of aromatic nitrogens is 1. The van der Waals surface area contributed by atoms with Crippen LogP contribution in [0.3, 0.4) is 0 Å². The van der Waals surface area contributed by atoms with Crippen LogP contribution in [-0.2, 0) is 24.4 Å². The maximum Gasteiger partial charge on any atom is 0.124 e. The normalized spacial score (nSPS) is 17.9. The molecule has 1 aliphatic rings. The average Bonchev–Trinajstić information content (AvgIpc) is 2.74. The second-order valence-electron chi connectivity index (χ2n) is 7.93. The summed E-state index contributed by atoms with van der Waals surface area (Å²) in [6.07, 6.45) is 0.778. The number of rotatable bonds is 10. The Morgan fingerprint density at radius 2 is 2.03 bits per heavy atom. The van der Waals surface area contributed by atoms with Crippen LogP contribution in [0.1, 0.15) is 35.9 Å². The van der Waals surface area contributed by atoms with Gasteiger partial charge >= 0.3 is 0 Å². The van der Waals surface area contributed by atoms with Crippen molar-refractivity contribution in [1.29, 1.82) is 0 Å². The number of nitrogens with zero attached hydrogens (tertiary/aromatic N) is 3. The van der Waals surface area contributed by atoms with Gasteiger partial charge in [0.1, 0.15) is 5.75 Å². The molecule has 0 amide bonds. The van der Waals surface area contributed by atoms with E-state index in [9.17, 15) is 5.11 Å². The van der Waals surface area contributed by atoms with Gasteiger partial charge in [0, 0.05) is 63.2 Å². The number of hydrogen-bond acceptors (Lipinski definition) is 6. The molecule has 2 heterocycles. The molecular formula is C24H35N3O3. The van der Waals surface area contributed by atoms with Crippen LogP contribution < -0.4 is 4.74 Å². The van der Waals surface area contributed by atoms with Crippen molar-refractivity contribution in [2.45, 2.75) is 46.0 Å². The molecule has 1 atom stereocenters. The summed E-state index contributed by atoms with van der Waals surface area (Å²) in [4.78, 5) is 9.60. The molecule has 1 aliphatic heterocycles. The summed E-state index contributed by atoms with van der Waals surface area (Å²) in [5.74, 6) is 0.876. The Balaban J connectivity index is 1.64. The first kappa shape index (κ1) is 22.7. The molecule has 6 nitrogen and oxygen atoms in total. The molecular weight excluding hydrogens is 378 g/mol. The van der Waals surface area contributed by atoms with Gasteiger partial charge in [0.25, 0.3) is 0 Å². The van der Waals surface area contributed by atoms with Crippen molar-refractivity contribution in [1.82, 2.24) is 14.8 Å². The summed E-state index contributed by atoms with van der Waals surface area (Å²) < 4.78 is 11.1. The van der Waals surface area contributed by atoms with E-state index >= 15 is 0 Å². The van der Waals surface area contributed by atoms with Gasteiger partial charge in [-0.1, -0.05) is 12.1 Å². The zero-order valence-corrected chi connectivity index (χ0v) is 18.5. The van der Waals surface area contributed by atoms with Gasteiger partial charge < -0.3 is 14.6 Å². The molecule has 1 unspecified atom stereocenters. The van der Waals surface area contributed by atoms with Gasteiger partial charge in [0.2, 0.25) is 0 Å². The molecule has 1 aromatic carbocycles. The molecule has 1 fully saturated rings. The van der Waals surface area contributed by atoms with Crippen molar-refractivity contribution in [3.05, 3.63) is 58.9 Å². The third-order valence-electron chi connectivity index (χ3n) is 5.67. The van der Waals surface area contributed by atoms with Crippen LogP contribution in [0.4, 0.5) is 0 Å². The molecule has 0 aliphatic carbocycles. The highest BCUT2D eigenvalue weighted by Crippen LogP contribution is 2.23. The van der Waals surface area contributed by atoms with Gasteiger partial charge in [-0.2, -0.15) is 0 Å². The summed E-state index contributed by atoms with van der Waals surface area (Å²) >= 11 is 0.